The summed E-state index contributed by atoms with van der Waals surface area (Å²) >= 11 is 5.94. The SMILES string of the molecule is CCOCCOCC(O)CNc1ccc(Cl)c(OC)c1. The highest BCUT2D eigenvalue weighted by atomic mass is 35.5. The van der Waals surface area contributed by atoms with Gasteiger partial charge >= 0.3 is 0 Å². The summed E-state index contributed by atoms with van der Waals surface area (Å²) in [7, 11) is 1.56. The highest BCUT2D eigenvalue weighted by Gasteiger charge is 2.06. The molecule has 0 radical (unpaired) electrons. The van der Waals surface area contributed by atoms with Gasteiger partial charge in [-0.25, -0.2) is 0 Å². The standard InChI is InChI=1S/C14H22ClNO4/c1-3-19-6-7-20-10-12(17)9-16-11-4-5-13(15)14(8-11)18-2/h4-5,8,12,16-17H,3,6-7,9-10H2,1-2H3. The number of aliphatic hydroxyl groups excluding tert-OH is 1. The third kappa shape index (κ3) is 6.43. The number of benzene rings is 1. The lowest BCUT2D eigenvalue weighted by Gasteiger charge is -2.14. The quantitative estimate of drug-likeness (QED) is 0.649. The Hall–Kier alpha value is -1.01. The molecule has 1 aromatic carbocycles. The van der Waals surface area contributed by atoms with Gasteiger partial charge in [0.2, 0.25) is 0 Å². The van der Waals surface area contributed by atoms with Gasteiger partial charge < -0.3 is 24.6 Å². The smallest absolute Gasteiger partial charge is 0.139 e. The van der Waals surface area contributed by atoms with Crippen LogP contribution >= 0.6 is 11.6 Å². The van der Waals surface area contributed by atoms with Crippen LogP contribution < -0.4 is 10.1 Å². The Labute approximate surface area is 124 Å². The van der Waals surface area contributed by atoms with Crippen molar-refractivity contribution in [3.63, 3.8) is 0 Å². The van der Waals surface area contributed by atoms with E-state index in [4.69, 9.17) is 25.8 Å². The molecule has 0 fully saturated rings. The molecule has 114 valence electrons. The summed E-state index contributed by atoms with van der Waals surface area (Å²) in [5.41, 5.74) is 0.833. The lowest BCUT2D eigenvalue weighted by Crippen LogP contribution is -2.25. The fourth-order valence-corrected chi connectivity index (χ4v) is 1.74. The average molecular weight is 304 g/mol. The van der Waals surface area contributed by atoms with E-state index in [1.807, 2.05) is 13.0 Å². The molecule has 0 aliphatic heterocycles. The van der Waals surface area contributed by atoms with Crippen LogP contribution in [0, 0.1) is 0 Å². The molecule has 6 heteroatoms. The van der Waals surface area contributed by atoms with Gasteiger partial charge in [-0.2, -0.15) is 0 Å². The third-order valence-electron chi connectivity index (χ3n) is 2.58. The lowest BCUT2D eigenvalue weighted by molar-refractivity contribution is 0.0103. The number of anilines is 1. The molecule has 0 spiro atoms. The second kappa shape index (κ2) is 9.83. The van der Waals surface area contributed by atoms with Gasteiger partial charge in [0.1, 0.15) is 5.75 Å². The van der Waals surface area contributed by atoms with E-state index in [1.54, 1.807) is 19.2 Å². The van der Waals surface area contributed by atoms with Crippen molar-refractivity contribution in [1.82, 2.24) is 0 Å². The summed E-state index contributed by atoms with van der Waals surface area (Å²) in [6, 6.07) is 5.35. The summed E-state index contributed by atoms with van der Waals surface area (Å²) in [6.07, 6.45) is -0.585. The van der Waals surface area contributed by atoms with Crippen molar-refractivity contribution in [1.29, 1.82) is 0 Å². The molecule has 1 rings (SSSR count). The zero-order valence-electron chi connectivity index (χ0n) is 11.9. The average Bonchev–Trinajstić information content (AvgIpc) is 2.46. The molecule has 20 heavy (non-hydrogen) atoms. The Morgan fingerprint density at radius 3 is 2.75 bits per heavy atom. The van der Waals surface area contributed by atoms with Crippen molar-refractivity contribution in [2.45, 2.75) is 13.0 Å². The van der Waals surface area contributed by atoms with Gasteiger partial charge in [-0.1, -0.05) is 11.6 Å². The summed E-state index contributed by atoms with van der Waals surface area (Å²) in [5.74, 6) is 0.596. The van der Waals surface area contributed by atoms with E-state index in [9.17, 15) is 5.11 Å². The van der Waals surface area contributed by atoms with Crippen LogP contribution in [0.3, 0.4) is 0 Å². The molecule has 0 heterocycles. The van der Waals surface area contributed by atoms with Gasteiger partial charge in [0.25, 0.3) is 0 Å². The molecular weight excluding hydrogens is 282 g/mol. The number of hydrogen-bond acceptors (Lipinski definition) is 5. The fraction of sp³-hybridized carbons (Fsp3) is 0.571. The zero-order chi connectivity index (χ0) is 14.8. The Kier molecular flexibility index (Phi) is 8.37. The number of nitrogens with one attached hydrogen (secondary N) is 1. The predicted octanol–water partition coefficient (Wildman–Crippen LogP) is 2.17. The fourth-order valence-electron chi connectivity index (χ4n) is 1.55. The van der Waals surface area contributed by atoms with E-state index in [2.05, 4.69) is 5.32 Å². The first-order valence-electron chi connectivity index (χ1n) is 6.58. The molecule has 1 unspecified atom stereocenters. The first-order chi connectivity index (χ1) is 9.67. The minimum atomic E-state index is -0.585. The second-order valence-electron chi connectivity index (χ2n) is 4.16. The van der Waals surface area contributed by atoms with Crippen molar-refractivity contribution >= 4 is 17.3 Å². The Morgan fingerprint density at radius 1 is 1.30 bits per heavy atom. The first kappa shape index (κ1) is 17.0. The van der Waals surface area contributed by atoms with E-state index >= 15 is 0 Å². The van der Waals surface area contributed by atoms with E-state index in [1.165, 1.54) is 0 Å². The predicted molar refractivity (Wildman–Crippen MR) is 79.8 cm³/mol. The summed E-state index contributed by atoms with van der Waals surface area (Å²) in [5, 5.41) is 13.4. The number of ether oxygens (including phenoxy) is 3. The van der Waals surface area contributed by atoms with Gasteiger partial charge in [0, 0.05) is 24.9 Å². The molecular formula is C14H22ClNO4. The molecule has 0 aromatic heterocycles. The summed E-state index contributed by atoms with van der Waals surface area (Å²) in [6.45, 7) is 4.29. The molecule has 0 bridgehead atoms. The van der Waals surface area contributed by atoms with Crippen molar-refractivity contribution in [3.8, 4) is 5.75 Å². The first-order valence-corrected chi connectivity index (χ1v) is 6.96. The topological polar surface area (TPSA) is 60.0 Å². The molecule has 0 aliphatic rings. The maximum absolute atomic E-state index is 9.76. The third-order valence-corrected chi connectivity index (χ3v) is 2.89. The largest absolute Gasteiger partial charge is 0.495 e. The van der Waals surface area contributed by atoms with Crippen molar-refractivity contribution in [3.05, 3.63) is 23.2 Å². The van der Waals surface area contributed by atoms with Gasteiger partial charge in [-0.15, -0.1) is 0 Å². The van der Waals surface area contributed by atoms with Gasteiger partial charge in [0.05, 0.1) is 38.1 Å². The normalized spacial score (nSPS) is 12.2. The van der Waals surface area contributed by atoms with Crippen molar-refractivity contribution in [2.24, 2.45) is 0 Å². The van der Waals surface area contributed by atoms with E-state index < -0.39 is 6.10 Å². The number of halogens is 1. The highest BCUT2D eigenvalue weighted by molar-refractivity contribution is 6.32. The maximum Gasteiger partial charge on any atom is 0.139 e. The Balaban J connectivity index is 2.25. The zero-order valence-corrected chi connectivity index (χ0v) is 12.7. The molecule has 2 N–H and O–H groups in total. The van der Waals surface area contributed by atoms with Crippen LogP contribution in [0.5, 0.6) is 5.75 Å². The molecule has 1 atom stereocenters. The minimum absolute atomic E-state index is 0.269. The second-order valence-corrected chi connectivity index (χ2v) is 4.56. The van der Waals surface area contributed by atoms with Gasteiger partial charge in [-0.05, 0) is 19.1 Å². The van der Waals surface area contributed by atoms with Gasteiger partial charge in [0.15, 0.2) is 0 Å². The van der Waals surface area contributed by atoms with Crippen LogP contribution in [-0.2, 0) is 9.47 Å². The van der Waals surface area contributed by atoms with Crippen LogP contribution in [0.2, 0.25) is 5.02 Å². The number of rotatable bonds is 10. The van der Waals surface area contributed by atoms with Gasteiger partial charge in [-0.3, -0.25) is 0 Å². The monoisotopic (exact) mass is 303 g/mol. The number of aliphatic hydroxyl groups is 1. The molecule has 5 nitrogen and oxygen atoms in total. The van der Waals surface area contributed by atoms with Crippen molar-refractivity contribution in [2.75, 3.05) is 45.4 Å². The molecule has 0 amide bonds. The maximum atomic E-state index is 9.76. The minimum Gasteiger partial charge on any atom is -0.495 e. The summed E-state index contributed by atoms with van der Waals surface area (Å²) in [4.78, 5) is 0. The number of hydrogen-bond donors (Lipinski definition) is 2. The molecule has 1 aromatic rings. The van der Waals surface area contributed by atoms with E-state index in [0.29, 0.717) is 37.1 Å². The van der Waals surface area contributed by atoms with Crippen molar-refractivity contribution < 1.29 is 19.3 Å². The Morgan fingerprint density at radius 2 is 2.05 bits per heavy atom. The van der Waals surface area contributed by atoms with E-state index in [0.717, 1.165) is 5.69 Å². The van der Waals surface area contributed by atoms with E-state index in [-0.39, 0.29) is 6.61 Å². The molecule has 0 saturated carbocycles. The highest BCUT2D eigenvalue weighted by Crippen LogP contribution is 2.27. The lowest BCUT2D eigenvalue weighted by atomic mass is 10.3. The summed E-state index contributed by atoms with van der Waals surface area (Å²) < 4.78 is 15.5. The van der Waals surface area contributed by atoms with Crippen LogP contribution in [0.1, 0.15) is 6.92 Å². The van der Waals surface area contributed by atoms with Crippen LogP contribution in [0.4, 0.5) is 5.69 Å². The Bertz CT molecular complexity index is 389. The molecule has 0 saturated heterocycles. The van der Waals surface area contributed by atoms with Crippen LogP contribution in [-0.4, -0.2) is 51.3 Å². The van der Waals surface area contributed by atoms with Crippen LogP contribution in [0.25, 0.3) is 0 Å². The van der Waals surface area contributed by atoms with Crippen LogP contribution in [0.15, 0.2) is 18.2 Å². The molecule has 0 aliphatic carbocycles. The number of methoxy groups -OCH3 is 1.